The van der Waals surface area contributed by atoms with E-state index in [4.69, 9.17) is 0 Å². The van der Waals surface area contributed by atoms with Crippen LogP contribution in [-0.2, 0) is 0 Å². The number of alkyl halides is 2. The fraction of sp³-hybridized carbons (Fsp3) is 0.600. The van der Waals surface area contributed by atoms with Gasteiger partial charge in [-0.1, -0.05) is 12.7 Å². The van der Waals surface area contributed by atoms with E-state index in [9.17, 15) is 8.78 Å². The number of amidine groups is 1. The van der Waals surface area contributed by atoms with Gasteiger partial charge in [-0.2, -0.15) is 5.10 Å². The van der Waals surface area contributed by atoms with E-state index < -0.39 is 11.3 Å². The monoisotopic (exact) mass is 390 g/mol. The van der Waals surface area contributed by atoms with Crippen LogP contribution < -0.4 is 16.0 Å². The molecule has 152 valence electrons. The van der Waals surface area contributed by atoms with Crippen LogP contribution in [0.1, 0.15) is 50.6 Å². The average Bonchev–Trinajstić information content (AvgIpc) is 3.33. The lowest BCUT2D eigenvalue weighted by molar-refractivity contribution is -0.177. The zero-order chi connectivity index (χ0) is 19.8. The Bertz CT molecular complexity index is 788. The number of hydrogen-bond donors (Lipinski definition) is 4. The van der Waals surface area contributed by atoms with Crippen molar-refractivity contribution >= 4 is 11.7 Å². The normalized spacial score (nSPS) is 26.2. The molecular formula is C20H28F2N6. The van der Waals surface area contributed by atoms with E-state index in [1.807, 2.05) is 25.1 Å². The number of aromatic amines is 1. The third-order valence-electron chi connectivity index (χ3n) is 5.99. The van der Waals surface area contributed by atoms with Crippen molar-refractivity contribution in [1.82, 2.24) is 26.1 Å². The molecule has 2 saturated carbocycles. The highest BCUT2D eigenvalue weighted by Crippen LogP contribution is 2.50. The van der Waals surface area contributed by atoms with Gasteiger partial charge < -0.3 is 16.0 Å². The molecule has 0 amide bonds. The van der Waals surface area contributed by atoms with Gasteiger partial charge in [0.05, 0.1) is 11.2 Å². The topological polar surface area (TPSA) is 77.1 Å². The van der Waals surface area contributed by atoms with Gasteiger partial charge in [-0.15, -0.1) is 0 Å². The minimum atomic E-state index is -2.66. The molecular weight excluding hydrogens is 362 g/mol. The largest absolute Gasteiger partial charge is 0.369 e. The molecule has 1 aliphatic heterocycles. The maximum Gasteiger partial charge on any atom is 0.258 e. The lowest BCUT2D eigenvalue weighted by Crippen LogP contribution is -2.66. The molecule has 1 aromatic heterocycles. The number of hydrogen-bond acceptors (Lipinski definition) is 4. The van der Waals surface area contributed by atoms with Gasteiger partial charge in [0.1, 0.15) is 5.84 Å². The smallest absolute Gasteiger partial charge is 0.258 e. The predicted octanol–water partition coefficient (Wildman–Crippen LogP) is 3.32. The van der Waals surface area contributed by atoms with Crippen molar-refractivity contribution in [2.75, 3.05) is 13.1 Å². The zero-order valence-electron chi connectivity index (χ0n) is 16.2. The molecule has 0 aromatic carbocycles. The van der Waals surface area contributed by atoms with Gasteiger partial charge in [-0.05, 0) is 38.7 Å². The Morgan fingerprint density at radius 3 is 2.75 bits per heavy atom. The highest BCUT2D eigenvalue weighted by molar-refractivity contribution is 5.95. The summed E-state index contributed by atoms with van der Waals surface area (Å²) in [5, 5.41) is 16.5. The van der Waals surface area contributed by atoms with Crippen molar-refractivity contribution in [3.8, 4) is 0 Å². The van der Waals surface area contributed by atoms with Gasteiger partial charge in [0.25, 0.3) is 5.92 Å². The van der Waals surface area contributed by atoms with E-state index in [0.29, 0.717) is 49.3 Å². The first-order valence-corrected chi connectivity index (χ1v) is 9.98. The van der Waals surface area contributed by atoms with Gasteiger partial charge in [0.15, 0.2) is 5.82 Å². The van der Waals surface area contributed by atoms with Crippen LogP contribution in [-0.4, -0.2) is 41.1 Å². The maximum atomic E-state index is 14.6. The molecule has 0 bridgehead atoms. The zero-order valence-corrected chi connectivity index (χ0v) is 16.2. The average molecular weight is 390 g/mol. The molecule has 3 fully saturated rings. The molecule has 0 radical (unpaired) electrons. The van der Waals surface area contributed by atoms with E-state index in [1.165, 1.54) is 12.8 Å². The van der Waals surface area contributed by atoms with Crippen LogP contribution in [0.15, 0.2) is 35.6 Å². The van der Waals surface area contributed by atoms with Crippen LogP contribution in [0, 0.1) is 5.41 Å². The number of rotatable bonds is 6. The Balaban J connectivity index is 1.36. The van der Waals surface area contributed by atoms with Gasteiger partial charge in [-0.25, -0.2) is 13.8 Å². The Hall–Kier alpha value is -2.22. The summed E-state index contributed by atoms with van der Waals surface area (Å²) >= 11 is 0. The summed E-state index contributed by atoms with van der Waals surface area (Å²) in [6, 6.07) is 1.65. The molecule has 1 unspecified atom stereocenters. The molecule has 1 spiro atoms. The molecule has 1 aromatic rings. The standard InChI is InChI=1S/C20H28F2N6/c1-3-4-17(26-18-9-16(27-28-18)14-5-6-14)25-13(2)24-15-7-8-19(11-23-12-19)20(21,22)10-15/h3-4,9,14-15,23-24H,2,5-8,10-12H2,1H3,(H2,25,26,27,28)/b4-3-. The SMILES string of the molecule is C=C(NC(/C=C\C)=Nc1cc(C2CC2)[nH]n1)NC1CCC2(CNC2)C(F)(F)C1. The fourth-order valence-electron chi connectivity index (χ4n) is 4.06. The third-order valence-corrected chi connectivity index (χ3v) is 5.99. The molecule has 4 rings (SSSR count). The van der Waals surface area contributed by atoms with Crippen molar-refractivity contribution in [3.63, 3.8) is 0 Å². The number of aromatic nitrogens is 2. The van der Waals surface area contributed by atoms with Gasteiger partial charge in [0.2, 0.25) is 0 Å². The molecule has 2 aliphatic carbocycles. The predicted molar refractivity (Wildman–Crippen MR) is 106 cm³/mol. The second-order valence-corrected chi connectivity index (χ2v) is 8.23. The van der Waals surface area contributed by atoms with E-state index in [0.717, 1.165) is 5.69 Å². The first-order chi connectivity index (χ1) is 13.4. The molecule has 1 saturated heterocycles. The third kappa shape index (κ3) is 3.83. The number of aliphatic imine (C=N–C) groups is 1. The maximum absolute atomic E-state index is 14.6. The summed E-state index contributed by atoms with van der Waals surface area (Å²) in [6.07, 6.45) is 7.10. The van der Waals surface area contributed by atoms with Gasteiger partial charge in [0, 0.05) is 43.2 Å². The van der Waals surface area contributed by atoms with E-state index in [1.54, 1.807) is 0 Å². The quantitative estimate of drug-likeness (QED) is 0.444. The minimum Gasteiger partial charge on any atom is -0.369 e. The van der Waals surface area contributed by atoms with E-state index in [2.05, 4.69) is 37.7 Å². The molecule has 1 atom stereocenters. The summed E-state index contributed by atoms with van der Waals surface area (Å²) in [5.41, 5.74) is 0.260. The van der Waals surface area contributed by atoms with Crippen LogP contribution in [0.3, 0.4) is 0 Å². The fourth-order valence-corrected chi connectivity index (χ4v) is 4.06. The van der Waals surface area contributed by atoms with E-state index >= 15 is 0 Å². The second-order valence-electron chi connectivity index (χ2n) is 8.23. The molecule has 6 nitrogen and oxygen atoms in total. The second kappa shape index (κ2) is 7.31. The van der Waals surface area contributed by atoms with Gasteiger partial charge >= 0.3 is 0 Å². The van der Waals surface area contributed by atoms with Crippen molar-refractivity contribution in [3.05, 3.63) is 36.3 Å². The first kappa shape index (κ1) is 19.1. The molecule has 8 heteroatoms. The lowest BCUT2D eigenvalue weighted by Gasteiger charge is -2.52. The van der Waals surface area contributed by atoms with Crippen LogP contribution in [0.4, 0.5) is 14.6 Å². The van der Waals surface area contributed by atoms with Crippen molar-refractivity contribution in [1.29, 1.82) is 0 Å². The van der Waals surface area contributed by atoms with Gasteiger partial charge in [-0.3, -0.25) is 5.10 Å². The van der Waals surface area contributed by atoms with Crippen LogP contribution in [0.25, 0.3) is 0 Å². The van der Waals surface area contributed by atoms with Crippen molar-refractivity contribution in [2.24, 2.45) is 10.4 Å². The van der Waals surface area contributed by atoms with Crippen LogP contribution >= 0.6 is 0 Å². The highest BCUT2D eigenvalue weighted by Gasteiger charge is 2.59. The lowest BCUT2D eigenvalue weighted by atomic mass is 9.65. The summed E-state index contributed by atoms with van der Waals surface area (Å²) in [6.45, 7) is 6.67. The van der Waals surface area contributed by atoms with Crippen molar-refractivity contribution < 1.29 is 8.78 Å². The molecule has 28 heavy (non-hydrogen) atoms. The number of nitrogens with zero attached hydrogens (tertiary/aromatic N) is 2. The molecule has 2 heterocycles. The van der Waals surface area contributed by atoms with E-state index in [-0.39, 0.29) is 12.5 Å². The Morgan fingerprint density at radius 1 is 1.36 bits per heavy atom. The Morgan fingerprint density at radius 2 is 2.14 bits per heavy atom. The number of halogens is 2. The minimum absolute atomic E-state index is 0.171. The summed E-state index contributed by atoms with van der Waals surface area (Å²) in [7, 11) is 0. The Kier molecular flexibility index (Phi) is 4.99. The number of nitrogens with one attached hydrogen (secondary N) is 4. The van der Waals surface area contributed by atoms with Crippen LogP contribution in [0.5, 0.6) is 0 Å². The van der Waals surface area contributed by atoms with Crippen molar-refractivity contribution in [2.45, 2.75) is 56.9 Å². The highest BCUT2D eigenvalue weighted by atomic mass is 19.3. The molecule has 4 N–H and O–H groups in total. The summed E-state index contributed by atoms with van der Waals surface area (Å²) in [4.78, 5) is 4.51. The number of allylic oxidation sites excluding steroid dienone is 1. The summed E-state index contributed by atoms with van der Waals surface area (Å²) in [5.74, 6) is -0.454. The van der Waals surface area contributed by atoms with Crippen LogP contribution in [0.2, 0.25) is 0 Å². The number of H-pyrrole nitrogens is 1. The Labute approximate surface area is 164 Å². The first-order valence-electron chi connectivity index (χ1n) is 9.98. The molecule has 3 aliphatic rings. The summed E-state index contributed by atoms with van der Waals surface area (Å²) < 4.78 is 29.1.